The number of carbonyl (C=O) groups excluding carboxylic acids is 2. The molecule has 3 heterocycles. The quantitative estimate of drug-likeness (QED) is 0.259. The van der Waals surface area contributed by atoms with Crippen molar-refractivity contribution in [3.8, 4) is 0 Å². The third kappa shape index (κ3) is 7.50. The summed E-state index contributed by atoms with van der Waals surface area (Å²) in [6.07, 6.45) is -1.37. The number of anilines is 1. The van der Waals surface area contributed by atoms with Crippen LogP contribution in [0.3, 0.4) is 0 Å². The molecule has 3 aromatic carbocycles. The van der Waals surface area contributed by atoms with E-state index in [1.54, 1.807) is 6.07 Å². The summed E-state index contributed by atoms with van der Waals surface area (Å²) in [4.78, 5) is 31.3. The van der Waals surface area contributed by atoms with Gasteiger partial charge in [-0.1, -0.05) is 36.4 Å². The molecule has 0 saturated carbocycles. The van der Waals surface area contributed by atoms with Gasteiger partial charge in [-0.3, -0.25) is 14.6 Å². The van der Waals surface area contributed by atoms with Crippen molar-refractivity contribution >= 4 is 17.7 Å². The monoisotopic (exact) mass is 644 g/mol. The minimum absolute atomic E-state index is 0.0398. The Balaban J connectivity index is 1.48. The summed E-state index contributed by atoms with van der Waals surface area (Å²) in [6, 6.07) is 12.5. The predicted molar refractivity (Wildman–Crippen MR) is 163 cm³/mol. The molecule has 7 nitrogen and oxygen atoms in total. The lowest BCUT2D eigenvalue weighted by atomic mass is 9.83. The first-order valence-electron chi connectivity index (χ1n) is 15.3. The summed E-state index contributed by atoms with van der Waals surface area (Å²) in [6.45, 7) is 1.94. The average molecular weight is 645 g/mol. The third-order valence-electron chi connectivity index (χ3n) is 9.11. The van der Waals surface area contributed by atoms with Crippen LogP contribution in [0.15, 0.2) is 66.7 Å². The normalized spacial score (nSPS) is 21.2. The van der Waals surface area contributed by atoms with Gasteiger partial charge >= 0.3 is 12.3 Å². The third-order valence-corrected chi connectivity index (χ3v) is 9.11. The number of alkyl carbamates (subject to hydrolysis) is 1. The second-order valence-electron chi connectivity index (χ2n) is 11.8. The van der Waals surface area contributed by atoms with Crippen LogP contribution in [0.5, 0.6) is 0 Å². The first kappa shape index (κ1) is 33.3. The van der Waals surface area contributed by atoms with Crippen molar-refractivity contribution < 1.29 is 36.3 Å². The summed E-state index contributed by atoms with van der Waals surface area (Å²) < 4.78 is 75.2. The SMILES string of the molecule is COC(=O)N[C@H](C(=O)Nc1cccc(F)c1CCC1N2CCCC(CC2)N1C)[C@@H](c1ccc(F)cc1)c1cccc(C(F)(F)F)c1. The van der Waals surface area contributed by atoms with Gasteiger partial charge in [0.1, 0.15) is 17.7 Å². The number of hydrogen-bond donors (Lipinski definition) is 2. The zero-order chi connectivity index (χ0) is 33.0. The highest BCUT2D eigenvalue weighted by Crippen LogP contribution is 2.36. The molecule has 0 aliphatic carbocycles. The highest BCUT2D eigenvalue weighted by molar-refractivity contribution is 5.98. The van der Waals surface area contributed by atoms with Gasteiger partial charge in [0.15, 0.2) is 0 Å². The van der Waals surface area contributed by atoms with Gasteiger partial charge in [-0.15, -0.1) is 0 Å². The Morgan fingerprint density at radius 2 is 1.72 bits per heavy atom. The molecule has 2 bridgehead atoms. The fourth-order valence-corrected chi connectivity index (χ4v) is 6.75. The second kappa shape index (κ2) is 14.2. The topological polar surface area (TPSA) is 73.9 Å². The minimum Gasteiger partial charge on any atom is -0.453 e. The lowest BCUT2D eigenvalue weighted by Gasteiger charge is -2.44. The maximum Gasteiger partial charge on any atom is 0.416 e. The first-order valence-corrected chi connectivity index (χ1v) is 15.3. The lowest BCUT2D eigenvalue weighted by Crippen LogP contribution is -2.54. The van der Waals surface area contributed by atoms with E-state index in [9.17, 15) is 27.2 Å². The first-order chi connectivity index (χ1) is 22.0. The Morgan fingerprint density at radius 3 is 2.43 bits per heavy atom. The van der Waals surface area contributed by atoms with Gasteiger partial charge in [-0.05, 0) is 87.2 Å². The molecule has 246 valence electrons. The molecule has 0 radical (unpaired) electrons. The van der Waals surface area contributed by atoms with Crippen LogP contribution in [0, 0.1) is 11.6 Å². The fourth-order valence-electron chi connectivity index (χ4n) is 6.75. The zero-order valence-corrected chi connectivity index (χ0v) is 25.6. The van der Waals surface area contributed by atoms with Gasteiger partial charge in [0.05, 0.1) is 18.8 Å². The Morgan fingerprint density at radius 1 is 0.978 bits per heavy atom. The Labute approximate surface area is 264 Å². The maximum atomic E-state index is 15.4. The van der Waals surface area contributed by atoms with Crippen molar-refractivity contribution in [3.63, 3.8) is 0 Å². The molecule has 3 aliphatic rings. The van der Waals surface area contributed by atoms with Gasteiger partial charge in [0, 0.05) is 29.8 Å². The molecule has 3 aliphatic heterocycles. The number of amides is 2. The highest BCUT2D eigenvalue weighted by Gasteiger charge is 2.38. The van der Waals surface area contributed by atoms with Crippen LogP contribution in [0.1, 0.15) is 53.9 Å². The summed E-state index contributed by atoms with van der Waals surface area (Å²) >= 11 is 0. The number of alkyl halides is 3. The van der Waals surface area contributed by atoms with E-state index in [2.05, 4.69) is 27.5 Å². The largest absolute Gasteiger partial charge is 0.453 e. The van der Waals surface area contributed by atoms with Gasteiger partial charge < -0.3 is 15.4 Å². The molecule has 3 unspecified atom stereocenters. The van der Waals surface area contributed by atoms with E-state index >= 15 is 4.39 Å². The number of halogens is 5. The maximum absolute atomic E-state index is 15.4. The summed E-state index contributed by atoms with van der Waals surface area (Å²) in [5, 5.41) is 5.18. The summed E-state index contributed by atoms with van der Waals surface area (Å²) in [5.41, 5.74) is -0.204. The molecule has 46 heavy (non-hydrogen) atoms. The van der Waals surface area contributed by atoms with Crippen LogP contribution < -0.4 is 10.6 Å². The fraction of sp³-hybridized carbons (Fsp3) is 0.412. The summed E-state index contributed by atoms with van der Waals surface area (Å²) in [5.74, 6) is -3.14. The van der Waals surface area contributed by atoms with E-state index in [0.29, 0.717) is 18.9 Å². The van der Waals surface area contributed by atoms with Crippen LogP contribution in [0.25, 0.3) is 0 Å². The number of ether oxygens (including phenoxy) is 1. The molecule has 2 amide bonds. The number of hydrogen-bond acceptors (Lipinski definition) is 5. The number of methoxy groups -OCH3 is 1. The van der Waals surface area contributed by atoms with E-state index in [-0.39, 0.29) is 28.5 Å². The number of nitrogens with zero attached hydrogens (tertiary/aromatic N) is 2. The molecule has 2 N–H and O–H groups in total. The highest BCUT2D eigenvalue weighted by atomic mass is 19.4. The number of benzene rings is 3. The zero-order valence-electron chi connectivity index (χ0n) is 25.6. The van der Waals surface area contributed by atoms with E-state index in [4.69, 9.17) is 4.74 Å². The number of carbonyl (C=O) groups is 2. The molecular weight excluding hydrogens is 607 g/mol. The number of fused-ring (bicyclic) bond motifs is 4. The number of rotatable bonds is 9. The molecule has 0 aromatic heterocycles. The Kier molecular flexibility index (Phi) is 10.3. The molecule has 3 saturated heterocycles. The van der Waals surface area contributed by atoms with Crippen LogP contribution in [0.2, 0.25) is 0 Å². The molecule has 6 rings (SSSR count). The standard InChI is InChI=1S/C34H37F5N4O3/c1-42-25-8-5-18-43(19-17-25)29(42)16-15-26-27(36)9-4-10-28(26)40-32(44)31(41-33(45)46-2)30(21-11-13-24(35)14-12-21)22-6-3-7-23(20-22)34(37,38)39/h3-4,6-7,9-14,20,25,29-31H,5,8,15-19H2,1-2H3,(H,40,44)(H,41,45)/t25?,29?,30-,31-/m0/s1. The van der Waals surface area contributed by atoms with Crippen LogP contribution in [0.4, 0.5) is 32.4 Å². The molecule has 12 heteroatoms. The average Bonchev–Trinajstić information content (AvgIpc) is 3.36. The molecule has 3 aromatic rings. The van der Waals surface area contributed by atoms with Crippen molar-refractivity contribution in [1.29, 1.82) is 0 Å². The van der Waals surface area contributed by atoms with Gasteiger partial charge in [-0.2, -0.15) is 13.2 Å². The van der Waals surface area contributed by atoms with Gasteiger partial charge in [0.2, 0.25) is 5.91 Å². The van der Waals surface area contributed by atoms with Crippen molar-refractivity contribution in [2.75, 3.05) is 32.6 Å². The van der Waals surface area contributed by atoms with Crippen molar-refractivity contribution in [3.05, 3.63) is 101 Å². The van der Waals surface area contributed by atoms with Crippen molar-refractivity contribution in [1.82, 2.24) is 15.1 Å². The molecule has 5 atom stereocenters. The van der Waals surface area contributed by atoms with Gasteiger partial charge in [0.25, 0.3) is 0 Å². The lowest BCUT2D eigenvalue weighted by molar-refractivity contribution is -0.137. The molecule has 0 spiro atoms. The molecule has 3 fully saturated rings. The smallest absolute Gasteiger partial charge is 0.416 e. The van der Waals surface area contributed by atoms with E-state index in [1.807, 2.05) is 0 Å². The van der Waals surface area contributed by atoms with Crippen LogP contribution in [-0.4, -0.2) is 67.3 Å². The van der Waals surface area contributed by atoms with E-state index in [1.165, 1.54) is 36.4 Å². The Hall–Kier alpha value is -4.03. The minimum atomic E-state index is -4.69. The van der Waals surface area contributed by atoms with Crippen molar-refractivity contribution in [2.45, 2.75) is 62.4 Å². The van der Waals surface area contributed by atoms with Gasteiger partial charge in [-0.25, -0.2) is 13.6 Å². The second-order valence-corrected chi connectivity index (χ2v) is 11.8. The van der Waals surface area contributed by atoms with Crippen LogP contribution >= 0.6 is 0 Å². The summed E-state index contributed by atoms with van der Waals surface area (Å²) in [7, 11) is 3.17. The molecular formula is C34H37F5N4O3. The van der Waals surface area contributed by atoms with E-state index < -0.39 is 47.3 Å². The van der Waals surface area contributed by atoms with E-state index in [0.717, 1.165) is 63.7 Å². The number of nitrogens with one attached hydrogen (secondary N) is 2. The Bertz CT molecular complexity index is 1530. The van der Waals surface area contributed by atoms with Crippen molar-refractivity contribution in [2.24, 2.45) is 0 Å². The van der Waals surface area contributed by atoms with Crippen LogP contribution in [-0.2, 0) is 22.1 Å². The predicted octanol–water partition coefficient (Wildman–Crippen LogP) is 6.54.